The predicted molar refractivity (Wildman–Crippen MR) is 32.7 cm³/mol. The molecule has 0 spiro atoms. The van der Waals surface area contributed by atoms with Crippen LogP contribution in [0.25, 0.3) is 0 Å². The number of rotatable bonds is 2. The maximum absolute atomic E-state index is 9.40. The molecule has 2 heterocycles. The standard InChI is InChI=1S/C6H10O5/c7-1-3-4-5(10-4)6(9,2-8)11-3/h3-5,7-9H,1-2H2/t3-,4+,5-,6+/m1/s1. The van der Waals surface area contributed by atoms with Gasteiger partial charge in [-0.1, -0.05) is 0 Å². The van der Waals surface area contributed by atoms with Gasteiger partial charge >= 0.3 is 0 Å². The summed E-state index contributed by atoms with van der Waals surface area (Å²) < 4.78 is 9.91. The fraction of sp³-hybridized carbons (Fsp3) is 1.00. The van der Waals surface area contributed by atoms with Crippen molar-refractivity contribution in [3.8, 4) is 0 Å². The molecule has 3 N–H and O–H groups in total. The van der Waals surface area contributed by atoms with Crippen molar-refractivity contribution in [3.05, 3.63) is 0 Å². The maximum atomic E-state index is 9.40. The summed E-state index contributed by atoms with van der Waals surface area (Å²) in [7, 11) is 0. The van der Waals surface area contributed by atoms with E-state index >= 15 is 0 Å². The van der Waals surface area contributed by atoms with E-state index in [1.807, 2.05) is 0 Å². The highest BCUT2D eigenvalue weighted by Gasteiger charge is 2.66. The fourth-order valence-corrected chi connectivity index (χ4v) is 1.43. The van der Waals surface area contributed by atoms with E-state index < -0.39 is 24.6 Å². The Balaban J connectivity index is 2.08. The van der Waals surface area contributed by atoms with Crippen molar-refractivity contribution < 1.29 is 24.8 Å². The van der Waals surface area contributed by atoms with Crippen LogP contribution in [0, 0.1) is 0 Å². The number of hydrogen-bond acceptors (Lipinski definition) is 5. The second kappa shape index (κ2) is 2.15. The molecule has 2 saturated heterocycles. The molecule has 0 bridgehead atoms. The van der Waals surface area contributed by atoms with Gasteiger partial charge in [-0.3, -0.25) is 0 Å². The van der Waals surface area contributed by atoms with E-state index in [0.29, 0.717) is 0 Å². The first-order valence-corrected chi connectivity index (χ1v) is 3.48. The average molecular weight is 162 g/mol. The molecule has 0 aromatic carbocycles. The summed E-state index contributed by atoms with van der Waals surface area (Å²) in [5, 5.41) is 26.8. The molecule has 0 radical (unpaired) electrons. The van der Waals surface area contributed by atoms with Gasteiger partial charge in [-0.25, -0.2) is 0 Å². The van der Waals surface area contributed by atoms with Crippen LogP contribution in [0.5, 0.6) is 0 Å². The van der Waals surface area contributed by atoms with Crippen LogP contribution in [0.15, 0.2) is 0 Å². The van der Waals surface area contributed by atoms with Crippen LogP contribution in [0.4, 0.5) is 0 Å². The number of hydrogen-bond donors (Lipinski definition) is 3. The molecule has 5 nitrogen and oxygen atoms in total. The minimum absolute atomic E-state index is 0.191. The van der Waals surface area contributed by atoms with Crippen LogP contribution >= 0.6 is 0 Å². The monoisotopic (exact) mass is 162 g/mol. The minimum Gasteiger partial charge on any atom is -0.394 e. The van der Waals surface area contributed by atoms with Gasteiger partial charge in [-0.05, 0) is 0 Å². The Bertz CT molecular complexity index is 170. The van der Waals surface area contributed by atoms with Crippen molar-refractivity contribution >= 4 is 0 Å². The largest absolute Gasteiger partial charge is 0.394 e. The fourth-order valence-electron chi connectivity index (χ4n) is 1.43. The third kappa shape index (κ3) is 0.896. The Kier molecular flexibility index (Phi) is 1.45. The summed E-state index contributed by atoms with van der Waals surface area (Å²) in [5.74, 6) is -1.59. The average Bonchev–Trinajstić information content (AvgIpc) is 2.75. The molecule has 0 saturated carbocycles. The van der Waals surface area contributed by atoms with Crippen LogP contribution in [-0.2, 0) is 9.47 Å². The Morgan fingerprint density at radius 1 is 1.36 bits per heavy atom. The molecule has 0 aromatic rings. The van der Waals surface area contributed by atoms with E-state index in [9.17, 15) is 5.11 Å². The van der Waals surface area contributed by atoms with Gasteiger partial charge in [0.15, 0.2) is 0 Å². The number of aliphatic hydroxyl groups is 3. The third-order valence-corrected chi connectivity index (χ3v) is 2.10. The van der Waals surface area contributed by atoms with Crippen molar-refractivity contribution in [1.29, 1.82) is 0 Å². The molecule has 64 valence electrons. The zero-order valence-corrected chi connectivity index (χ0v) is 5.80. The van der Waals surface area contributed by atoms with Gasteiger partial charge in [0.1, 0.15) is 18.3 Å². The summed E-state index contributed by atoms with van der Waals surface area (Å²) in [6.45, 7) is -0.686. The van der Waals surface area contributed by atoms with Gasteiger partial charge in [0.2, 0.25) is 5.79 Å². The van der Waals surface area contributed by atoms with E-state index in [0.717, 1.165) is 0 Å². The molecule has 0 unspecified atom stereocenters. The van der Waals surface area contributed by atoms with Crippen LogP contribution < -0.4 is 0 Å². The molecule has 5 heteroatoms. The topological polar surface area (TPSA) is 82.5 Å². The quantitative estimate of drug-likeness (QED) is 0.402. The molecule has 2 aliphatic heterocycles. The molecule has 0 aliphatic carbocycles. The van der Waals surface area contributed by atoms with Crippen LogP contribution in [-0.4, -0.2) is 52.6 Å². The second-order valence-corrected chi connectivity index (χ2v) is 2.86. The molecule has 11 heavy (non-hydrogen) atoms. The molecule has 2 aliphatic rings. The van der Waals surface area contributed by atoms with Crippen molar-refractivity contribution in [2.75, 3.05) is 13.2 Å². The summed E-state index contributed by atoms with van der Waals surface area (Å²) in [5.41, 5.74) is 0. The van der Waals surface area contributed by atoms with Crippen LogP contribution in [0.1, 0.15) is 0 Å². The van der Waals surface area contributed by atoms with Crippen molar-refractivity contribution in [2.45, 2.75) is 24.1 Å². The SMILES string of the molecule is OC[C@H]1O[C@@](O)(CO)[C@@H]2O[C@H]21. The highest BCUT2D eigenvalue weighted by molar-refractivity contribution is 5.06. The lowest BCUT2D eigenvalue weighted by Gasteiger charge is -2.22. The maximum Gasteiger partial charge on any atom is 0.219 e. The smallest absolute Gasteiger partial charge is 0.219 e. The molecular formula is C6H10O5. The second-order valence-electron chi connectivity index (χ2n) is 2.86. The van der Waals surface area contributed by atoms with E-state index in [2.05, 4.69) is 0 Å². The Labute approximate surface area is 63.2 Å². The molecule has 4 atom stereocenters. The van der Waals surface area contributed by atoms with E-state index in [-0.39, 0.29) is 12.7 Å². The first kappa shape index (κ1) is 7.45. The lowest BCUT2D eigenvalue weighted by Crippen LogP contribution is -2.40. The van der Waals surface area contributed by atoms with E-state index in [4.69, 9.17) is 19.7 Å². The van der Waals surface area contributed by atoms with Crippen LogP contribution in [0.3, 0.4) is 0 Å². The number of fused-ring (bicyclic) bond motifs is 1. The first-order chi connectivity index (χ1) is 5.21. The Morgan fingerprint density at radius 3 is 2.45 bits per heavy atom. The summed E-state index contributed by atoms with van der Waals surface area (Å²) in [6, 6.07) is 0. The molecule has 0 amide bonds. The van der Waals surface area contributed by atoms with Crippen molar-refractivity contribution in [3.63, 3.8) is 0 Å². The first-order valence-electron chi connectivity index (χ1n) is 3.48. The number of aliphatic hydroxyl groups excluding tert-OH is 2. The van der Waals surface area contributed by atoms with Gasteiger partial charge in [-0.2, -0.15) is 0 Å². The zero-order chi connectivity index (χ0) is 8.06. The van der Waals surface area contributed by atoms with Gasteiger partial charge in [0.05, 0.1) is 13.2 Å². The molecule has 2 rings (SSSR count). The molecule has 2 fully saturated rings. The predicted octanol–water partition coefficient (Wildman–Crippen LogP) is -2.17. The summed E-state index contributed by atoms with van der Waals surface area (Å²) in [6.07, 6.45) is -1.18. The lowest BCUT2D eigenvalue weighted by atomic mass is 10.2. The van der Waals surface area contributed by atoms with Gasteiger partial charge in [-0.15, -0.1) is 0 Å². The highest BCUT2D eigenvalue weighted by Crippen LogP contribution is 2.44. The summed E-state index contributed by atoms with van der Waals surface area (Å²) in [4.78, 5) is 0. The Morgan fingerprint density at radius 2 is 2.09 bits per heavy atom. The third-order valence-electron chi connectivity index (χ3n) is 2.10. The Hall–Kier alpha value is -0.200. The molecule has 0 aromatic heterocycles. The highest BCUT2D eigenvalue weighted by atomic mass is 16.7. The normalized spacial score (nSPS) is 54.3. The van der Waals surface area contributed by atoms with Crippen molar-refractivity contribution in [2.24, 2.45) is 0 Å². The van der Waals surface area contributed by atoms with E-state index in [1.54, 1.807) is 0 Å². The number of epoxide rings is 1. The van der Waals surface area contributed by atoms with Gasteiger partial charge in [0.25, 0.3) is 0 Å². The minimum atomic E-state index is -1.59. The van der Waals surface area contributed by atoms with E-state index in [1.165, 1.54) is 0 Å². The molecular weight excluding hydrogens is 152 g/mol. The zero-order valence-electron chi connectivity index (χ0n) is 5.80. The van der Waals surface area contributed by atoms with Crippen molar-refractivity contribution in [1.82, 2.24) is 0 Å². The lowest BCUT2D eigenvalue weighted by molar-refractivity contribution is -0.252. The van der Waals surface area contributed by atoms with Crippen LogP contribution in [0.2, 0.25) is 0 Å². The van der Waals surface area contributed by atoms with Gasteiger partial charge in [0, 0.05) is 0 Å². The van der Waals surface area contributed by atoms with Gasteiger partial charge < -0.3 is 24.8 Å². The number of ether oxygens (including phenoxy) is 2. The summed E-state index contributed by atoms with van der Waals surface area (Å²) >= 11 is 0.